The second-order valence-corrected chi connectivity index (χ2v) is 12.2. The van der Waals surface area contributed by atoms with Crippen molar-refractivity contribution in [1.82, 2.24) is 0 Å². The summed E-state index contributed by atoms with van der Waals surface area (Å²) in [7, 11) is -0.442. The smallest absolute Gasteiger partial charge is 0.328 e. The van der Waals surface area contributed by atoms with Gasteiger partial charge in [-0.15, -0.1) is 9.24 Å². The predicted molar refractivity (Wildman–Crippen MR) is 145 cm³/mol. The molecule has 1 aliphatic rings. The Bertz CT molecular complexity index is 1260. The Morgan fingerprint density at radius 3 is 2.65 bits per heavy atom. The van der Waals surface area contributed by atoms with Crippen LogP contribution in [0.25, 0.3) is 0 Å². The number of allylic oxidation sites excluding steroid dienone is 2. The summed E-state index contributed by atoms with van der Waals surface area (Å²) < 4.78 is 46.8. The van der Waals surface area contributed by atoms with Crippen LogP contribution in [0, 0.1) is 6.92 Å². The van der Waals surface area contributed by atoms with E-state index in [0.717, 1.165) is 52.9 Å². The minimum atomic E-state index is -4.18. The van der Waals surface area contributed by atoms with Crippen molar-refractivity contribution in [3.8, 4) is 0 Å². The molecule has 2 atom stereocenters. The first-order chi connectivity index (χ1) is 15.9. The standard InChI is InChI=1S/C25H27BrF2N2O2P2/c1-6-16(2)19-13-24(29-14-19)30(20-8-10-23(33)17(3)11-20)15-18-7-9-21(22(26)12-18)25(27,28)34(5,31)32-4/h6-12,14H,1-2,13,15,33H2,3-5H3. The van der Waals surface area contributed by atoms with E-state index < -0.39 is 13.0 Å². The second kappa shape index (κ2) is 10.4. The lowest BCUT2D eigenvalue weighted by atomic mass is 10.1. The number of halogens is 3. The molecular weight excluding hydrogens is 540 g/mol. The van der Waals surface area contributed by atoms with E-state index in [9.17, 15) is 13.3 Å². The number of anilines is 1. The molecule has 4 nitrogen and oxygen atoms in total. The van der Waals surface area contributed by atoms with Crippen molar-refractivity contribution in [2.45, 2.75) is 25.6 Å². The Labute approximate surface area is 210 Å². The van der Waals surface area contributed by atoms with E-state index in [1.807, 2.05) is 19.1 Å². The summed E-state index contributed by atoms with van der Waals surface area (Å²) in [6.07, 6.45) is 4.06. The molecule has 1 aliphatic heterocycles. The molecule has 0 saturated carbocycles. The zero-order valence-electron chi connectivity index (χ0n) is 19.3. The molecule has 34 heavy (non-hydrogen) atoms. The van der Waals surface area contributed by atoms with Crippen LogP contribution in [-0.2, 0) is 21.3 Å². The van der Waals surface area contributed by atoms with Gasteiger partial charge in [-0.3, -0.25) is 4.57 Å². The van der Waals surface area contributed by atoms with E-state index in [-0.39, 0.29) is 10.0 Å². The lowest BCUT2D eigenvalue weighted by Gasteiger charge is -2.27. The van der Waals surface area contributed by atoms with Crippen LogP contribution in [0.15, 0.2) is 82.4 Å². The number of hydrogen-bond donors (Lipinski definition) is 0. The fraction of sp³-hybridized carbons (Fsp3) is 0.240. The van der Waals surface area contributed by atoms with Gasteiger partial charge in [-0.25, -0.2) is 4.99 Å². The lowest BCUT2D eigenvalue weighted by Crippen LogP contribution is -2.30. The molecule has 0 bridgehead atoms. The number of aliphatic imine (C=N–C) groups is 1. The van der Waals surface area contributed by atoms with Gasteiger partial charge in [-0.2, -0.15) is 8.78 Å². The molecule has 9 heteroatoms. The van der Waals surface area contributed by atoms with Crippen molar-refractivity contribution in [3.63, 3.8) is 0 Å². The van der Waals surface area contributed by atoms with Gasteiger partial charge in [0.05, 0.1) is 0 Å². The molecule has 2 aromatic carbocycles. The highest BCUT2D eigenvalue weighted by Crippen LogP contribution is 2.64. The SMILES string of the molecule is C=CC(=C)C1=CN=C(N(Cc2ccc(C(F)(F)P(C)(=O)OC)c(Br)c2)c2ccc(P)c(C)c2)C1. The maximum absolute atomic E-state index is 14.9. The van der Waals surface area contributed by atoms with Gasteiger partial charge < -0.3 is 9.42 Å². The summed E-state index contributed by atoms with van der Waals surface area (Å²) in [5.41, 5.74) is 0.609. The van der Waals surface area contributed by atoms with E-state index in [1.54, 1.807) is 24.4 Å². The highest BCUT2D eigenvalue weighted by Gasteiger charge is 2.50. The van der Waals surface area contributed by atoms with Gasteiger partial charge in [0, 0.05) is 48.7 Å². The normalized spacial score (nSPS) is 15.4. The van der Waals surface area contributed by atoms with Crippen molar-refractivity contribution in [1.29, 1.82) is 0 Å². The molecule has 180 valence electrons. The Morgan fingerprint density at radius 1 is 1.35 bits per heavy atom. The van der Waals surface area contributed by atoms with Crippen molar-refractivity contribution in [2.75, 3.05) is 18.7 Å². The third kappa shape index (κ3) is 5.33. The van der Waals surface area contributed by atoms with Gasteiger partial charge in [0.1, 0.15) is 5.84 Å². The fourth-order valence-electron chi connectivity index (χ4n) is 3.48. The average molecular weight is 567 g/mol. The van der Waals surface area contributed by atoms with Crippen LogP contribution < -0.4 is 10.2 Å². The largest absolute Gasteiger partial charge is 0.347 e. The zero-order chi connectivity index (χ0) is 25.3. The summed E-state index contributed by atoms with van der Waals surface area (Å²) in [5, 5.41) is 1.09. The third-order valence-electron chi connectivity index (χ3n) is 5.81. The molecule has 0 saturated heterocycles. The molecule has 0 radical (unpaired) electrons. The van der Waals surface area contributed by atoms with Crippen LogP contribution in [-0.4, -0.2) is 19.6 Å². The molecule has 0 amide bonds. The van der Waals surface area contributed by atoms with Gasteiger partial charge in [0.2, 0.25) is 0 Å². The molecule has 3 rings (SSSR count). The van der Waals surface area contributed by atoms with E-state index in [0.29, 0.717) is 13.0 Å². The second-order valence-electron chi connectivity index (χ2n) is 8.12. The number of hydrogen-bond acceptors (Lipinski definition) is 4. The van der Waals surface area contributed by atoms with Gasteiger partial charge in [-0.05, 0) is 52.7 Å². The number of aryl methyl sites for hydroxylation is 1. The lowest BCUT2D eigenvalue weighted by molar-refractivity contribution is 0.0709. The number of benzene rings is 2. The summed E-state index contributed by atoms with van der Waals surface area (Å²) in [6, 6.07) is 10.6. The zero-order valence-corrected chi connectivity index (χ0v) is 23.0. The predicted octanol–water partition coefficient (Wildman–Crippen LogP) is 7.30. The van der Waals surface area contributed by atoms with Crippen LogP contribution in [0.3, 0.4) is 0 Å². The average Bonchev–Trinajstić information content (AvgIpc) is 3.28. The quantitative estimate of drug-likeness (QED) is 0.249. The van der Waals surface area contributed by atoms with Crippen molar-refractivity contribution < 1.29 is 17.9 Å². The number of nitrogens with zero attached hydrogens (tertiary/aromatic N) is 2. The number of amidine groups is 1. The van der Waals surface area contributed by atoms with Gasteiger partial charge in [-0.1, -0.05) is 53.4 Å². The fourth-order valence-corrected chi connectivity index (χ4v) is 5.35. The summed E-state index contributed by atoms with van der Waals surface area (Å²) >= 11 is 3.25. The first-order valence-electron chi connectivity index (χ1n) is 10.4. The Balaban J connectivity index is 1.97. The summed E-state index contributed by atoms with van der Waals surface area (Å²) in [6.45, 7) is 11.2. The molecule has 0 spiro atoms. The maximum Gasteiger partial charge on any atom is 0.347 e. The maximum atomic E-state index is 14.9. The van der Waals surface area contributed by atoms with Crippen LogP contribution in [0.1, 0.15) is 23.1 Å². The highest BCUT2D eigenvalue weighted by molar-refractivity contribution is 9.10. The van der Waals surface area contributed by atoms with Crippen molar-refractivity contribution in [3.05, 3.63) is 94.1 Å². The van der Waals surface area contributed by atoms with Crippen molar-refractivity contribution in [2.24, 2.45) is 4.99 Å². The molecule has 0 fully saturated rings. The van der Waals surface area contributed by atoms with Gasteiger partial charge in [0.25, 0.3) is 7.37 Å². The molecule has 2 aromatic rings. The highest BCUT2D eigenvalue weighted by atomic mass is 79.9. The Hall–Kier alpha value is -1.91. The third-order valence-corrected chi connectivity index (χ3v) is 9.07. The monoisotopic (exact) mass is 566 g/mol. The van der Waals surface area contributed by atoms with Crippen LogP contribution >= 0.6 is 32.5 Å². The molecule has 0 aliphatic carbocycles. The van der Waals surface area contributed by atoms with Crippen LogP contribution in [0.5, 0.6) is 0 Å². The van der Waals surface area contributed by atoms with Gasteiger partial charge >= 0.3 is 5.66 Å². The molecule has 1 heterocycles. The summed E-state index contributed by atoms with van der Waals surface area (Å²) in [4.78, 5) is 6.67. The van der Waals surface area contributed by atoms with Crippen molar-refractivity contribution >= 4 is 49.4 Å². The van der Waals surface area contributed by atoms with Crippen LogP contribution in [0.4, 0.5) is 14.5 Å². The topological polar surface area (TPSA) is 41.9 Å². The Kier molecular flexibility index (Phi) is 8.14. The molecule has 0 aromatic heterocycles. The number of rotatable bonds is 8. The first kappa shape index (κ1) is 26.7. The van der Waals surface area contributed by atoms with E-state index in [2.05, 4.69) is 58.8 Å². The van der Waals surface area contributed by atoms with E-state index in [4.69, 9.17) is 0 Å². The minimum absolute atomic E-state index is 0.165. The minimum Gasteiger partial charge on any atom is -0.328 e. The van der Waals surface area contributed by atoms with Crippen LogP contribution in [0.2, 0.25) is 0 Å². The van der Waals surface area contributed by atoms with E-state index in [1.165, 1.54) is 6.07 Å². The molecular formula is C25H27BrF2N2O2P2. The molecule has 2 unspecified atom stereocenters. The number of alkyl halides is 2. The van der Waals surface area contributed by atoms with E-state index >= 15 is 0 Å². The van der Waals surface area contributed by atoms with Gasteiger partial charge in [0.15, 0.2) is 0 Å². The molecule has 0 N–H and O–H groups in total. The first-order valence-corrected chi connectivity index (χ1v) is 13.9. The Morgan fingerprint density at radius 2 is 2.06 bits per heavy atom. The summed E-state index contributed by atoms with van der Waals surface area (Å²) in [5.74, 6) is 0.817.